The fraction of sp³-hybridized carbons (Fsp3) is 0.0532. The summed E-state index contributed by atoms with van der Waals surface area (Å²) in [6, 6.07) is 82.7. The number of ether oxygens (including phenoxy) is 1. The first kappa shape index (κ1) is 94.0. The molecule has 0 radical (unpaired) electrons. The van der Waals surface area contributed by atoms with Crippen molar-refractivity contribution in [3.8, 4) is 72.5 Å². The predicted octanol–water partition coefficient (Wildman–Crippen LogP) is 20.3. The van der Waals surface area contributed by atoms with Crippen LogP contribution in [0.5, 0.6) is 5.75 Å². The van der Waals surface area contributed by atoms with Crippen LogP contribution < -0.4 is 4.74 Å². The zero-order chi connectivity index (χ0) is 86.2. The summed E-state index contributed by atoms with van der Waals surface area (Å²) in [5.41, 5.74) is 17.4. The number of carbonyl (C=O) groups is 7. The van der Waals surface area contributed by atoms with Gasteiger partial charge in [-0.2, -0.15) is 13.2 Å². The minimum absolute atomic E-state index is 0. The first-order valence-electron chi connectivity index (χ1n) is 35.6. The summed E-state index contributed by atoms with van der Waals surface area (Å²) in [5, 5.41) is 71.5. The molecule has 0 unspecified atom stereocenters. The Balaban J connectivity index is 0.000000238. The van der Waals surface area contributed by atoms with Crippen molar-refractivity contribution in [3.05, 3.63) is 421 Å². The van der Waals surface area contributed by atoms with Gasteiger partial charge in [0.15, 0.2) is 5.78 Å². The van der Waals surface area contributed by atoms with Gasteiger partial charge < -0.3 is 40.7 Å². The minimum Gasteiger partial charge on any atom is -0.478 e. The quantitative estimate of drug-likeness (QED) is 0.0138. The van der Waals surface area contributed by atoms with Gasteiger partial charge in [-0.05, 0) is 246 Å². The number of aromatic carboxylic acids is 5. The molecule has 29 heteroatoms. The maximum Gasteiger partial charge on any atom is 0.402 e. The van der Waals surface area contributed by atoms with Crippen LogP contribution in [0.4, 0.5) is 13.2 Å². The van der Waals surface area contributed by atoms with Crippen LogP contribution in [0.15, 0.2) is 329 Å². The second kappa shape index (κ2) is 43.3. The number of hydrogen-bond donors (Lipinski definition) is 7. The van der Waals surface area contributed by atoms with Crippen LogP contribution in [0.2, 0.25) is 0 Å². The molecule has 123 heavy (non-hydrogen) atoms. The first-order chi connectivity index (χ1) is 57.5. The number of benzene rings is 10. The molecule has 1 aliphatic rings. The summed E-state index contributed by atoms with van der Waals surface area (Å²) in [6.07, 6.45) is 10.0. The number of rotatable bonds is 18. The first-order valence-corrected chi connectivity index (χ1v) is 35.6. The maximum absolute atomic E-state index is 13.8. The zero-order valence-corrected chi connectivity index (χ0v) is 66.3. The van der Waals surface area contributed by atoms with Crippen molar-refractivity contribution in [2.75, 3.05) is 0 Å². The van der Waals surface area contributed by atoms with Gasteiger partial charge in [0.1, 0.15) is 11.2 Å². The monoisotopic (exact) mass is 1710 g/mol. The molecule has 4 aromatic heterocycles. The van der Waals surface area contributed by atoms with Gasteiger partial charge in [-0.3, -0.25) is 29.5 Å². The number of carboxylic acids is 5. The van der Waals surface area contributed by atoms with Gasteiger partial charge in [0.25, 0.3) is 16.6 Å². The van der Waals surface area contributed by atoms with E-state index in [-0.39, 0.29) is 91.3 Å². The molecule has 0 saturated carbocycles. The van der Waals surface area contributed by atoms with E-state index in [0.717, 1.165) is 144 Å². The van der Waals surface area contributed by atoms with E-state index in [9.17, 15) is 46.7 Å². The van der Waals surface area contributed by atoms with Gasteiger partial charge in [-0.15, -0.1) is 20.2 Å². The molecule has 0 atom stereocenters. The third-order valence-corrected chi connectivity index (χ3v) is 18.8. The molecule has 14 aromatic rings. The van der Waals surface area contributed by atoms with Crippen molar-refractivity contribution in [1.29, 1.82) is 0 Å². The molecule has 25 nitrogen and oxygen atoms in total. The fourth-order valence-corrected chi connectivity index (χ4v) is 12.7. The van der Waals surface area contributed by atoms with Crippen LogP contribution >= 0.6 is 0 Å². The van der Waals surface area contributed by atoms with E-state index in [2.05, 4.69) is 117 Å². The van der Waals surface area contributed by atoms with Gasteiger partial charge in [0.2, 0.25) is 0 Å². The molecular weight excluding hydrogens is 1640 g/mol. The van der Waals surface area contributed by atoms with Crippen molar-refractivity contribution < 1.29 is 117 Å². The molecule has 15 rings (SSSR count). The molecule has 10 aromatic carbocycles. The van der Waals surface area contributed by atoms with Gasteiger partial charge in [0.05, 0.1) is 27.8 Å². The number of pyridine rings is 4. The standard InChI is InChI=1S/C46H32N4.C17H13F3O4.C15H8O5.C14H10O4.2CH4.2HNO3.Zn/c1-9-41(10-2-33(1)37-17-25-47-26-18-37)45(42-11-3-34(4-12-42)38-19-27-48-28-20-38)46(43-13-5-35(6-14-43)39-21-29-49-30-22-39)44-15-7-36(8-16-44)40-23-31-50-32-24-40;1-16(17(18,19)20,12-6-2-10(3-7-12)14(21)22)13-8-4-11(5-9-13)15(23)24;16-7-20-9-2-4-11-10-3-1-8(15(18)19)5-12(10)14(17)13(11)6-9;15-13(16)11-5-1-9(2-6-11)10-3-7-12(8-4-10)14(17)18;;;2*2-1(3)4;/h1-32H;2-9H,1H3,(H,21,22)(H,23,24);1-7H,(H,18,19);1-8H,(H,15,16)(H,17,18);2*1H4;2*(H,2,3,4);. The number of nitrogens with zero attached hydrogens (tertiary/aromatic N) is 6. The average molecular weight is 1710 g/mol. The summed E-state index contributed by atoms with van der Waals surface area (Å²) >= 11 is 0. The molecule has 0 amide bonds. The summed E-state index contributed by atoms with van der Waals surface area (Å²) in [7, 11) is 0. The van der Waals surface area contributed by atoms with E-state index in [1.807, 2.05) is 98.1 Å². The molecule has 0 fully saturated rings. The fourth-order valence-electron chi connectivity index (χ4n) is 12.7. The number of aromatic nitrogens is 4. The molecule has 7 N–H and O–H groups in total. The summed E-state index contributed by atoms with van der Waals surface area (Å²) in [5.74, 6) is -5.48. The van der Waals surface area contributed by atoms with Crippen molar-refractivity contribution in [2.24, 2.45) is 0 Å². The van der Waals surface area contributed by atoms with Crippen molar-refractivity contribution in [2.45, 2.75) is 33.4 Å². The van der Waals surface area contributed by atoms with Crippen molar-refractivity contribution in [3.63, 3.8) is 0 Å². The Hall–Kier alpha value is -16.2. The van der Waals surface area contributed by atoms with Crippen LogP contribution in [-0.2, 0) is 29.7 Å². The Bertz CT molecular complexity index is 5570. The number of carbonyl (C=O) groups excluding carboxylic acids is 2. The molecule has 0 aliphatic heterocycles. The van der Waals surface area contributed by atoms with Crippen LogP contribution in [0.25, 0.3) is 77.9 Å². The Labute approximate surface area is 713 Å². The van der Waals surface area contributed by atoms with E-state index in [1.54, 1.807) is 42.5 Å². The zero-order valence-electron chi connectivity index (χ0n) is 63.3. The minimum atomic E-state index is -4.66. The third kappa shape index (κ3) is 24.1. The largest absolute Gasteiger partial charge is 0.478 e. The van der Waals surface area contributed by atoms with E-state index >= 15 is 0 Å². The Kier molecular flexibility index (Phi) is 33.1. The van der Waals surface area contributed by atoms with E-state index in [0.29, 0.717) is 22.3 Å². The van der Waals surface area contributed by atoms with Gasteiger partial charge in [-0.1, -0.05) is 167 Å². The summed E-state index contributed by atoms with van der Waals surface area (Å²) in [4.78, 5) is 110. The second-order valence-electron chi connectivity index (χ2n) is 25.9. The third-order valence-electron chi connectivity index (χ3n) is 18.8. The number of carboxylic acid groups (broad SMARTS) is 5. The number of hydrogen-bond acceptors (Lipinski definition) is 16. The molecule has 0 spiro atoms. The van der Waals surface area contributed by atoms with Crippen LogP contribution in [0, 0.1) is 20.2 Å². The molecule has 4 heterocycles. The Morgan fingerprint density at radius 1 is 0.333 bits per heavy atom. The van der Waals surface area contributed by atoms with Gasteiger partial charge in [0, 0.05) is 80.2 Å². The molecule has 0 saturated heterocycles. The predicted molar refractivity (Wildman–Crippen MR) is 449 cm³/mol. The van der Waals surface area contributed by atoms with E-state index in [1.165, 1.54) is 42.5 Å². The van der Waals surface area contributed by atoms with Crippen LogP contribution in [0.3, 0.4) is 0 Å². The number of alkyl halides is 3. The van der Waals surface area contributed by atoms with E-state index < -0.39 is 51.6 Å². The SMILES string of the molecule is C.C.CC(c1ccc(C(=O)O)cc1)(c1ccc(C(=O)O)cc1)C(F)(F)F.O=C(O)c1ccc(-c2ccc(C(=O)O)cc2)cc1.O=COc1ccc2c(c1)C(=O)c1cc(C(=O)O)ccc1-2.O=[N+]([O-])O.O=[N+]([O-])O.[Zn].c1cc(-c2ccc(C(=C(c3ccc(-c4ccncc4)cc3)c3ccc(-c4ccncc4)cc3)c3ccc(-c4ccncc4)cc3)cc2)ccn1. The Morgan fingerprint density at radius 3 is 0.764 bits per heavy atom. The van der Waals surface area contributed by atoms with Crippen LogP contribution in [-0.4, -0.2) is 114 Å². The molecule has 0 bridgehead atoms. The Morgan fingerprint density at radius 2 is 0.537 bits per heavy atom. The number of ketones is 1. The van der Waals surface area contributed by atoms with E-state index in [4.69, 9.17) is 60.9 Å². The number of halogens is 3. The molecule has 1 aliphatic carbocycles. The van der Waals surface area contributed by atoms with Gasteiger partial charge in [-0.25, -0.2) is 24.0 Å². The normalized spacial score (nSPS) is 10.5. The molecule has 616 valence electrons. The topological polar surface area (TPSA) is 408 Å². The average Bonchev–Trinajstić information content (AvgIpc) is 1.66. The second-order valence-corrected chi connectivity index (χ2v) is 25.9. The molecular formula is C94H73F3N6O19Zn. The van der Waals surface area contributed by atoms with Crippen molar-refractivity contribution >= 4 is 53.2 Å². The maximum atomic E-state index is 13.8. The smallest absolute Gasteiger partial charge is 0.402 e. The van der Waals surface area contributed by atoms with Crippen LogP contribution in [0.1, 0.15) is 123 Å². The summed E-state index contributed by atoms with van der Waals surface area (Å²) in [6.45, 7) is 1.26. The van der Waals surface area contributed by atoms with Crippen molar-refractivity contribution in [1.82, 2.24) is 19.9 Å². The summed E-state index contributed by atoms with van der Waals surface area (Å²) < 4.78 is 46.0. The number of fused-ring (bicyclic) bond motifs is 3. The van der Waals surface area contributed by atoms with Gasteiger partial charge >= 0.3 is 36.0 Å².